The maximum absolute atomic E-state index is 12.3. The minimum Gasteiger partial charge on any atom is -0.335 e. The van der Waals surface area contributed by atoms with Crippen molar-refractivity contribution in [2.45, 2.75) is 11.8 Å². The molecule has 0 fully saturated rings. The van der Waals surface area contributed by atoms with E-state index in [-0.39, 0.29) is 5.78 Å². The predicted octanol–water partition coefficient (Wildman–Crippen LogP) is 4.34. The van der Waals surface area contributed by atoms with E-state index in [0.717, 1.165) is 17.1 Å². The minimum absolute atomic E-state index is 0.0550. The minimum atomic E-state index is 0.0550. The molecule has 0 atom stereocenters. The molecule has 0 aliphatic carbocycles. The Morgan fingerprint density at radius 1 is 1.10 bits per heavy atom. The first-order chi connectivity index (χ1) is 9.79. The summed E-state index contributed by atoms with van der Waals surface area (Å²) in [5.74, 6) is 0.0550. The Kier molecular flexibility index (Phi) is 3.61. The molecule has 0 saturated heterocycles. The average molecular weight is 281 g/mol. The van der Waals surface area contributed by atoms with Crippen LogP contribution in [0.4, 0.5) is 5.69 Å². The van der Waals surface area contributed by atoms with Gasteiger partial charge in [-0.05, 0) is 19.1 Å². The standard InChI is InChI=1S/C17H15NOS/c1-2-18-14-10-6-7-11-16(14)20-17(18)12-15(19)13-8-4-3-5-9-13/h3-12H,2H2,1H3. The fourth-order valence-corrected chi connectivity index (χ4v) is 3.44. The summed E-state index contributed by atoms with van der Waals surface area (Å²) in [4.78, 5) is 15.7. The van der Waals surface area contributed by atoms with Gasteiger partial charge in [0.2, 0.25) is 0 Å². The molecule has 0 unspecified atom stereocenters. The summed E-state index contributed by atoms with van der Waals surface area (Å²) in [6.07, 6.45) is 1.74. The molecule has 0 amide bonds. The summed E-state index contributed by atoms with van der Waals surface area (Å²) >= 11 is 1.66. The highest BCUT2D eigenvalue weighted by Crippen LogP contribution is 2.45. The van der Waals surface area contributed by atoms with Crippen molar-refractivity contribution >= 4 is 23.2 Å². The van der Waals surface area contributed by atoms with Crippen LogP contribution in [-0.4, -0.2) is 12.3 Å². The Balaban J connectivity index is 1.92. The molecule has 3 heteroatoms. The number of anilines is 1. The molecule has 3 rings (SSSR count). The number of para-hydroxylation sites is 1. The number of hydrogen-bond acceptors (Lipinski definition) is 3. The largest absolute Gasteiger partial charge is 0.335 e. The van der Waals surface area contributed by atoms with E-state index in [1.54, 1.807) is 17.8 Å². The second-order valence-electron chi connectivity index (χ2n) is 4.53. The van der Waals surface area contributed by atoms with Gasteiger partial charge >= 0.3 is 0 Å². The number of rotatable bonds is 3. The fourth-order valence-electron chi connectivity index (χ4n) is 2.28. The molecule has 0 radical (unpaired) electrons. The highest BCUT2D eigenvalue weighted by atomic mass is 32.2. The van der Waals surface area contributed by atoms with Crippen molar-refractivity contribution in [1.29, 1.82) is 0 Å². The fraction of sp³-hybridized carbons (Fsp3) is 0.118. The number of carbonyl (C=O) groups is 1. The zero-order chi connectivity index (χ0) is 13.9. The number of nitrogens with zero attached hydrogens (tertiary/aromatic N) is 1. The van der Waals surface area contributed by atoms with Gasteiger partial charge in [-0.1, -0.05) is 54.2 Å². The summed E-state index contributed by atoms with van der Waals surface area (Å²) < 4.78 is 0. The normalized spacial score (nSPS) is 15.4. The Morgan fingerprint density at radius 3 is 2.55 bits per heavy atom. The van der Waals surface area contributed by atoms with Crippen LogP contribution in [0, 0.1) is 0 Å². The quantitative estimate of drug-likeness (QED) is 0.616. The molecule has 2 nitrogen and oxygen atoms in total. The number of ketones is 1. The van der Waals surface area contributed by atoms with Crippen LogP contribution in [0.5, 0.6) is 0 Å². The molecule has 1 aliphatic heterocycles. The Hall–Kier alpha value is -2.00. The first-order valence-corrected chi connectivity index (χ1v) is 7.46. The van der Waals surface area contributed by atoms with Gasteiger partial charge in [0.05, 0.1) is 10.7 Å². The van der Waals surface area contributed by atoms with Crippen LogP contribution in [-0.2, 0) is 0 Å². The maximum Gasteiger partial charge on any atom is 0.188 e. The summed E-state index contributed by atoms with van der Waals surface area (Å²) in [6.45, 7) is 2.96. The van der Waals surface area contributed by atoms with Crippen LogP contribution in [0.3, 0.4) is 0 Å². The van der Waals surface area contributed by atoms with E-state index in [1.807, 2.05) is 42.5 Å². The Labute approximate surface area is 123 Å². The molecule has 100 valence electrons. The Bertz CT molecular complexity index is 664. The maximum atomic E-state index is 12.3. The molecular weight excluding hydrogens is 266 g/mol. The van der Waals surface area contributed by atoms with Gasteiger partial charge in [0.25, 0.3) is 0 Å². The molecule has 0 bridgehead atoms. The second-order valence-corrected chi connectivity index (χ2v) is 5.59. The van der Waals surface area contributed by atoms with Gasteiger partial charge in [0.1, 0.15) is 0 Å². The number of fused-ring (bicyclic) bond motifs is 1. The number of carbonyl (C=O) groups excluding carboxylic acids is 1. The zero-order valence-electron chi connectivity index (χ0n) is 11.2. The van der Waals surface area contributed by atoms with Crippen LogP contribution in [0.1, 0.15) is 17.3 Å². The van der Waals surface area contributed by atoms with Crippen molar-refractivity contribution in [3.8, 4) is 0 Å². The summed E-state index contributed by atoms with van der Waals surface area (Å²) in [7, 11) is 0. The first-order valence-electron chi connectivity index (χ1n) is 6.65. The monoisotopic (exact) mass is 281 g/mol. The van der Waals surface area contributed by atoms with Crippen molar-refractivity contribution in [1.82, 2.24) is 0 Å². The van der Waals surface area contributed by atoms with Crippen molar-refractivity contribution in [2.75, 3.05) is 11.4 Å². The van der Waals surface area contributed by atoms with Crippen LogP contribution < -0.4 is 4.90 Å². The van der Waals surface area contributed by atoms with Gasteiger partial charge in [-0.25, -0.2) is 0 Å². The lowest BCUT2D eigenvalue weighted by Gasteiger charge is -2.17. The first kappa shape index (κ1) is 13.0. The lowest BCUT2D eigenvalue weighted by molar-refractivity contribution is 0.104. The van der Waals surface area contributed by atoms with Gasteiger partial charge < -0.3 is 4.90 Å². The van der Waals surface area contributed by atoms with Gasteiger partial charge in [-0.2, -0.15) is 0 Å². The third-order valence-electron chi connectivity index (χ3n) is 3.27. The van der Waals surface area contributed by atoms with Crippen molar-refractivity contribution in [3.05, 3.63) is 71.3 Å². The highest BCUT2D eigenvalue weighted by Gasteiger charge is 2.24. The van der Waals surface area contributed by atoms with E-state index in [9.17, 15) is 4.79 Å². The molecule has 1 aliphatic rings. The van der Waals surface area contributed by atoms with Crippen molar-refractivity contribution < 1.29 is 4.79 Å². The van der Waals surface area contributed by atoms with E-state index < -0.39 is 0 Å². The summed E-state index contributed by atoms with van der Waals surface area (Å²) in [5.41, 5.74) is 1.92. The van der Waals surface area contributed by atoms with Crippen molar-refractivity contribution in [3.63, 3.8) is 0 Å². The zero-order valence-corrected chi connectivity index (χ0v) is 12.1. The molecule has 2 aromatic carbocycles. The summed E-state index contributed by atoms with van der Waals surface area (Å²) in [6, 6.07) is 17.6. The molecule has 0 spiro atoms. The van der Waals surface area contributed by atoms with Crippen molar-refractivity contribution in [2.24, 2.45) is 0 Å². The molecule has 0 N–H and O–H groups in total. The predicted molar refractivity (Wildman–Crippen MR) is 84.2 cm³/mol. The number of hydrogen-bond donors (Lipinski definition) is 0. The van der Waals surface area contributed by atoms with Crippen LogP contribution in [0.2, 0.25) is 0 Å². The third-order valence-corrected chi connectivity index (χ3v) is 4.38. The SMILES string of the molecule is CCN1C(=CC(=O)c2ccccc2)Sc2ccccc21. The number of benzene rings is 2. The van der Waals surface area contributed by atoms with Gasteiger partial charge in [-0.15, -0.1) is 0 Å². The molecule has 2 aromatic rings. The van der Waals surface area contributed by atoms with E-state index >= 15 is 0 Å². The topological polar surface area (TPSA) is 20.3 Å². The van der Waals surface area contributed by atoms with E-state index in [0.29, 0.717) is 0 Å². The lowest BCUT2D eigenvalue weighted by Crippen LogP contribution is -2.17. The van der Waals surface area contributed by atoms with Gasteiger partial charge in [0.15, 0.2) is 5.78 Å². The average Bonchev–Trinajstić information content (AvgIpc) is 2.85. The van der Waals surface area contributed by atoms with Gasteiger partial charge in [0, 0.05) is 23.1 Å². The summed E-state index contributed by atoms with van der Waals surface area (Å²) in [5, 5.41) is 1.00. The van der Waals surface area contributed by atoms with Gasteiger partial charge in [-0.3, -0.25) is 4.79 Å². The highest BCUT2D eigenvalue weighted by molar-refractivity contribution is 8.03. The number of thioether (sulfide) groups is 1. The smallest absolute Gasteiger partial charge is 0.188 e. The van der Waals surface area contributed by atoms with Crippen LogP contribution in [0.25, 0.3) is 0 Å². The lowest BCUT2D eigenvalue weighted by atomic mass is 10.1. The van der Waals surface area contributed by atoms with E-state index in [1.165, 1.54) is 10.6 Å². The second kappa shape index (κ2) is 5.55. The van der Waals surface area contributed by atoms with Crippen LogP contribution in [0.15, 0.2) is 70.6 Å². The Morgan fingerprint density at radius 2 is 1.80 bits per heavy atom. The van der Waals surface area contributed by atoms with E-state index in [2.05, 4.69) is 24.0 Å². The third kappa shape index (κ3) is 2.37. The molecule has 1 heterocycles. The molecular formula is C17H15NOS. The van der Waals surface area contributed by atoms with E-state index in [4.69, 9.17) is 0 Å². The molecule has 0 saturated carbocycles. The van der Waals surface area contributed by atoms with Crippen LogP contribution >= 0.6 is 11.8 Å². The number of allylic oxidation sites excluding steroid dienone is 1. The molecule has 0 aromatic heterocycles. The molecule has 20 heavy (non-hydrogen) atoms.